The second kappa shape index (κ2) is 7.86. The van der Waals surface area contributed by atoms with E-state index in [2.05, 4.69) is 130 Å². The SMILES string of the molecule is CC(C)(C)c1cc2c3c(c1)-c1cc4oc5ccccc5c4c4cccc(c14)B3c1cccc3c1c-2cc1oc2ccccc2c13. The summed E-state index contributed by atoms with van der Waals surface area (Å²) < 4.78 is 13.1. The Kier molecular flexibility index (Phi) is 4.21. The van der Waals surface area contributed by atoms with Gasteiger partial charge in [0, 0.05) is 21.5 Å². The first kappa shape index (κ1) is 24.1. The Morgan fingerprint density at radius 3 is 1.40 bits per heavy atom. The average molecular weight is 574 g/mol. The van der Waals surface area contributed by atoms with E-state index in [1.807, 2.05) is 0 Å². The Balaban J connectivity index is 1.38. The van der Waals surface area contributed by atoms with Gasteiger partial charge in [0.05, 0.1) is 0 Å². The Labute approximate surface area is 259 Å². The van der Waals surface area contributed by atoms with E-state index in [9.17, 15) is 0 Å². The molecule has 0 saturated carbocycles. The summed E-state index contributed by atoms with van der Waals surface area (Å²) in [5.41, 5.74) is 14.4. The summed E-state index contributed by atoms with van der Waals surface area (Å²) in [6.07, 6.45) is 0. The van der Waals surface area contributed by atoms with Gasteiger partial charge in [0.25, 0.3) is 0 Å². The highest BCUT2D eigenvalue weighted by Crippen LogP contribution is 2.46. The summed E-state index contributed by atoms with van der Waals surface area (Å²) >= 11 is 0. The maximum Gasteiger partial charge on any atom is 0.244 e. The van der Waals surface area contributed by atoms with Crippen LogP contribution in [0.3, 0.4) is 0 Å². The van der Waals surface area contributed by atoms with Crippen LogP contribution in [0.4, 0.5) is 0 Å². The van der Waals surface area contributed by atoms with Crippen LogP contribution in [0.5, 0.6) is 0 Å². The number of furan rings is 2. The topological polar surface area (TPSA) is 26.3 Å². The van der Waals surface area contributed by atoms with E-state index in [1.54, 1.807) is 0 Å². The first-order valence-corrected chi connectivity index (χ1v) is 15.9. The minimum absolute atomic E-state index is 0.0277. The fourth-order valence-electron chi connectivity index (χ4n) is 8.68. The van der Waals surface area contributed by atoms with Crippen molar-refractivity contribution in [1.29, 1.82) is 0 Å². The largest absolute Gasteiger partial charge is 0.456 e. The van der Waals surface area contributed by atoms with Crippen molar-refractivity contribution in [2.75, 3.05) is 0 Å². The van der Waals surface area contributed by atoms with E-state index in [4.69, 9.17) is 8.83 Å². The van der Waals surface area contributed by atoms with E-state index in [1.165, 1.54) is 87.3 Å². The van der Waals surface area contributed by atoms with Crippen LogP contribution in [0.15, 0.2) is 118 Å². The van der Waals surface area contributed by atoms with Gasteiger partial charge in [0.1, 0.15) is 22.3 Å². The molecule has 0 aliphatic carbocycles. The van der Waals surface area contributed by atoms with Crippen LogP contribution in [0.2, 0.25) is 0 Å². The third-order valence-corrected chi connectivity index (χ3v) is 10.6. The summed E-state index contributed by atoms with van der Waals surface area (Å²) in [6.45, 7) is 7.09. The number of fused-ring (bicyclic) bond motifs is 12. The lowest BCUT2D eigenvalue weighted by atomic mass is 9.31. The van der Waals surface area contributed by atoms with Crippen molar-refractivity contribution >= 4 is 88.5 Å². The van der Waals surface area contributed by atoms with Crippen molar-refractivity contribution in [2.24, 2.45) is 0 Å². The van der Waals surface area contributed by atoms with Crippen LogP contribution < -0.4 is 16.4 Å². The molecule has 3 heteroatoms. The number of benzene rings is 7. The van der Waals surface area contributed by atoms with Gasteiger partial charge in [-0.2, -0.15) is 0 Å². The van der Waals surface area contributed by atoms with Crippen LogP contribution in [0, 0.1) is 0 Å². The van der Waals surface area contributed by atoms with Crippen LogP contribution >= 0.6 is 0 Å². The lowest BCUT2D eigenvalue weighted by molar-refractivity contribution is 0.591. The van der Waals surface area contributed by atoms with Crippen molar-refractivity contribution in [3.63, 3.8) is 0 Å². The highest BCUT2D eigenvalue weighted by atomic mass is 16.3. The molecule has 0 bridgehead atoms. The highest BCUT2D eigenvalue weighted by molar-refractivity contribution is 7.01. The second-order valence-electron chi connectivity index (χ2n) is 14.0. The minimum Gasteiger partial charge on any atom is -0.456 e. The molecular weight excluding hydrogens is 547 g/mol. The van der Waals surface area contributed by atoms with E-state index in [0.717, 1.165) is 22.3 Å². The zero-order chi connectivity index (χ0) is 29.8. The van der Waals surface area contributed by atoms with Crippen LogP contribution in [-0.2, 0) is 5.41 Å². The average Bonchev–Trinajstić information content (AvgIpc) is 3.62. The molecule has 45 heavy (non-hydrogen) atoms. The Morgan fingerprint density at radius 2 is 0.911 bits per heavy atom. The van der Waals surface area contributed by atoms with Gasteiger partial charge in [0.2, 0.25) is 6.71 Å². The van der Waals surface area contributed by atoms with Crippen LogP contribution in [-0.4, -0.2) is 6.71 Å². The van der Waals surface area contributed by atoms with Crippen molar-refractivity contribution < 1.29 is 8.83 Å². The van der Waals surface area contributed by atoms with Gasteiger partial charge in [-0.05, 0) is 79.0 Å². The van der Waals surface area contributed by atoms with E-state index < -0.39 is 0 Å². The third-order valence-electron chi connectivity index (χ3n) is 10.6. The summed E-state index contributed by atoms with van der Waals surface area (Å²) in [4.78, 5) is 0. The van der Waals surface area contributed by atoms with Gasteiger partial charge in [-0.15, -0.1) is 0 Å². The molecule has 0 fully saturated rings. The lowest BCUT2D eigenvalue weighted by Gasteiger charge is -2.36. The maximum absolute atomic E-state index is 6.54. The summed E-state index contributed by atoms with van der Waals surface area (Å²) in [5, 5.41) is 10.0. The number of para-hydroxylation sites is 2. The van der Waals surface area contributed by atoms with Gasteiger partial charge in [0.15, 0.2) is 0 Å². The summed E-state index contributed by atoms with van der Waals surface area (Å²) in [6, 6.07) is 40.3. The molecule has 0 atom stereocenters. The Hall–Kier alpha value is -5.28. The zero-order valence-corrected chi connectivity index (χ0v) is 25.3. The number of hydrogen-bond acceptors (Lipinski definition) is 2. The fraction of sp³-hybridized carbons (Fsp3) is 0.0952. The van der Waals surface area contributed by atoms with Crippen LogP contribution in [0.1, 0.15) is 26.3 Å². The van der Waals surface area contributed by atoms with Crippen molar-refractivity contribution in [2.45, 2.75) is 26.2 Å². The monoisotopic (exact) mass is 574 g/mol. The third kappa shape index (κ3) is 2.88. The molecule has 0 saturated heterocycles. The van der Waals surface area contributed by atoms with E-state index in [0.29, 0.717) is 0 Å². The zero-order valence-electron chi connectivity index (χ0n) is 25.3. The fourth-order valence-corrected chi connectivity index (χ4v) is 8.68. The Morgan fingerprint density at radius 1 is 0.444 bits per heavy atom. The maximum atomic E-state index is 6.54. The molecule has 4 heterocycles. The molecule has 210 valence electrons. The van der Waals surface area contributed by atoms with Gasteiger partial charge >= 0.3 is 0 Å². The molecule has 11 rings (SSSR count). The molecule has 0 N–H and O–H groups in total. The highest BCUT2D eigenvalue weighted by Gasteiger charge is 2.40. The lowest BCUT2D eigenvalue weighted by Crippen LogP contribution is -2.57. The molecular formula is C42H27BO2. The minimum atomic E-state index is -0.0277. The molecule has 0 radical (unpaired) electrons. The van der Waals surface area contributed by atoms with E-state index >= 15 is 0 Å². The standard InChI is InChI=1S/C42H27BO2/c1-42(2,3)22-18-29-27-20-35-39(23-10-4-6-16-33(23)44-35)25-12-8-14-31(37(25)27)43-32-15-9-13-26-38(32)28(30(19-22)41(29)43)21-36-40(26)24-11-5-7-17-34(24)45-36/h4-21H,1-3H3. The van der Waals surface area contributed by atoms with E-state index in [-0.39, 0.29) is 12.1 Å². The van der Waals surface area contributed by atoms with Gasteiger partial charge in [-0.1, -0.05) is 122 Å². The molecule has 9 aromatic rings. The molecule has 0 unspecified atom stereocenters. The molecule has 7 aromatic carbocycles. The predicted molar refractivity (Wildman–Crippen MR) is 190 cm³/mol. The summed E-state index contributed by atoms with van der Waals surface area (Å²) in [7, 11) is 0. The Bertz CT molecular complexity index is 2620. The number of rotatable bonds is 0. The molecule has 0 amide bonds. The van der Waals surface area contributed by atoms with Gasteiger partial charge in [-0.25, -0.2) is 0 Å². The van der Waals surface area contributed by atoms with Crippen molar-refractivity contribution in [3.8, 4) is 22.3 Å². The van der Waals surface area contributed by atoms with Gasteiger partial charge in [-0.3, -0.25) is 0 Å². The first-order valence-electron chi connectivity index (χ1n) is 15.9. The second-order valence-corrected chi connectivity index (χ2v) is 14.0. The van der Waals surface area contributed by atoms with Crippen LogP contribution in [0.25, 0.3) is 87.7 Å². The first-order chi connectivity index (χ1) is 22.0. The molecule has 2 nitrogen and oxygen atoms in total. The summed E-state index contributed by atoms with van der Waals surface area (Å²) in [5.74, 6) is 0. The molecule has 2 aliphatic rings. The molecule has 0 spiro atoms. The molecule has 2 aliphatic heterocycles. The van der Waals surface area contributed by atoms with Gasteiger partial charge < -0.3 is 8.83 Å². The van der Waals surface area contributed by atoms with Crippen molar-refractivity contribution in [1.82, 2.24) is 0 Å². The smallest absolute Gasteiger partial charge is 0.244 e. The number of hydrogen-bond donors (Lipinski definition) is 0. The van der Waals surface area contributed by atoms with Crippen molar-refractivity contribution in [3.05, 3.63) is 115 Å². The molecule has 2 aromatic heterocycles. The predicted octanol–water partition coefficient (Wildman–Crippen LogP) is 9.57. The normalized spacial score (nSPS) is 13.6. The quantitative estimate of drug-likeness (QED) is 0.169.